The predicted octanol–water partition coefficient (Wildman–Crippen LogP) is 8.01. The number of para-hydroxylation sites is 2. The molecule has 9 rings (SSSR count). The standard InChI is InChI=1S/C52H49N5O11.C2H6/c1-53-37-26-46(44(64-3)24-35(37)51(62)56-19-17-32-10-5-7-12-39(32)56)66-28-30-20-31(22-34(21-30)55(2)18-9-14-48(60)68-49-42(58)15-16-43(49)59)29-67-47-27-38-36(25-45(47)65-4)52(63)57-40-13-8-6-11-33(40)23-41(57)50(61)54-38;1-2/h5-8,10-13,20-22,24-27,41,49H,1,9,14-19,23,28-29H2,2-4H3,(H,54,61);1-2H3. The number of esters is 1. The molecule has 1 unspecified atom stereocenters. The Bertz CT molecular complexity index is 2880. The zero-order chi connectivity index (χ0) is 49.6. The van der Waals surface area contributed by atoms with Gasteiger partial charge in [0, 0.05) is 75.0 Å². The molecule has 0 spiro atoms. The van der Waals surface area contributed by atoms with E-state index >= 15 is 0 Å². The first kappa shape index (κ1) is 48.4. The van der Waals surface area contributed by atoms with E-state index in [0.29, 0.717) is 65.6 Å². The van der Waals surface area contributed by atoms with E-state index in [1.165, 1.54) is 19.1 Å². The fourth-order valence-electron chi connectivity index (χ4n) is 9.18. The van der Waals surface area contributed by atoms with Crippen LogP contribution < -0.4 is 39.0 Å². The largest absolute Gasteiger partial charge is 0.493 e. The van der Waals surface area contributed by atoms with Gasteiger partial charge in [0.1, 0.15) is 19.3 Å². The highest BCUT2D eigenvalue weighted by Crippen LogP contribution is 2.42. The van der Waals surface area contributed by atoms with Gasteiger partial charge in [-0.15, -0.1) is 0 Å². The number of rotatable bonds is 16. The minimum absolute atomic E-state index is 0.00934. The van der Waals surface area contributed by atoms with Crippen LogP contribution in [0.25, 0.3) is 0 Å². The maximum absolute atomic E-state index is 14.1. The molecule has 4 aliphatic rings. The Balaban J connectivity index is 0.00000325. The van der Waals surface area contributed by atoms with Crippen LogP contribution in [0.3, 0.4) is 0 Å². The molecule has 1 atom stereocenters. The van der Waals surface area contributed by atoms with Crippen LogP contribution in [0, 0.1) is 0 Å². The van der Waals surface area contributed by atoms with Gasteiger partial charge >= 0.3 is 5.97 Å². The van der Waals surface area contributed by atoms with Crippen LogP contribution in [-0.2, 0) is 50.0 Å². The predicted molar refractivity (Wildman–Crippen MR) is 264 cm³/mol. The first-order valence-corrected chi connectivity index (χ1v) is 23.3. The molecular formula is C54H55N5O11. The van der Waals surface area contributed by atoms with Gasteiger partial charge in [-0.05, 0) is 84.3 Å². The Hall–Kier alpha value is -8.01. The van der Waals surface area contributed by atoms with Crippen LogP contribution in [0.15, 0.2) is 96.0 Å². The maximum atomic E-state index is 14.1. The van der Waals surface area contributed by atoms with E-state index < -0.39 is 18.1 Å². The quantitative estimate of drug-likeness (QED) is 0.0572. The van der Waals surface area contributed by atoms with Gasteiger partial charge in [0.25, 0.3) is 11.8 Å². The van der Waals surface area contributed by atoms with Gasteiger partial charge in [0.15, 0.2) is 34.6 Å². The van der Waals surface area contributed by atoms with Crippen molar-refractivity contribution in [2.75, 3.05) is 54.4 Å². The van der Waals surface area contributed by atoms with Crippen molar-refractivity contribution in [3.63, 3.8) is 0 Å². The van der Waals surface area contributed by atoms with Crippen LogP contribution in [0.2, 0.25) is 0 Å². The van der Waals surface area contributed by atoms with Crippen molar-refractivity contribution in [1.82, 2.24) is 0 Å². The minimum Gasteiger partial charge on any atom is -0.493 e. The van der Waals surface area contributed by atoms with Crippen molar-refractivity contribution in [1.29, 1.82) is 0 Å². The molecule has 0 radical (unpaired) electrons. The Labute approximate surface area is 406 Å². The summed E-state index contributed by atoms with van der Waals surface area (Å²) in [5.41, 5.74) is 6.94. The van der Waals surface area contributed by atoms with Gasteiger partial charge in [-0.3, -0.25) is 38.7 Å². The van der Waals surface area contributed by atoms with Crippen LogP contribution in [0.1, 0.15) is 82.5 Å². The average molecular weight is 950 g/mol. The number of fused-ring (bicyclic) bond motifs is 5. The molecule has 362 valence electrons. The van der Waals surface area contributed by atoms with Gasteiger partial charge in [-0.25, -0.2) is 0 Å². The lowest BCUT2D eigenvalue weighted by Gasteiger charge is -2.22. The van der Waals surface area contributed by atoms with Gasteiger partial charge in [0.05, 0.1) is 36.7 Å². The number of amides is 3. The van der Waals surface area contributed by atoms with Crippen LogP contribution in [0.4, 0.5) is 28.4 Å². The fraction of sp³-hybridized carbons (Fsp3) is 0.315. The summed E-state index contributed by atoms with van der Waals surface area (Å²) in [7, 11) is 4.83. The van der Waals surface area contributed by atoms with Crippen molar-refractivity contribution in [2.24, 2.45) is 4.99 Å². The third-order valence-corrected chi connectivity index (χ3v) is 12.7. The van der Waals surface area contributed by atoms with Crippen molar-refractivity contribution in [2.45, 2.75) is 77.7 Å². The number of benzene rings is 5. The molecule has 5 aromatic carbocycles. The smallest absolute Gasteiger partial charge is 0.307 e. The number of aliphatic imine (C=N–C) groups is 1. The van der Waals surface area contributed by atoms with Crippen molar-refractivity contribution in [3.05, 3.63) is 124 Å². The molecule has 1 N–H and O–H groups in total. The van der Waals surface area contributed by atoms with Gasteiger partial charge in [-0.2, -0.15) is 0 Å². The highest BCUT2D eigenvalue weighted by molar-refractivity contribution is 6.20. The van der Waals surface area contributed by atoms with E-state index in [9.17, 15) is 28.8 Å². The number of hydrogen-bond acceptors (Lipinski definition) is 13. The molecule has 1 saturated carbocycles. The summed E-state index contributed by atoms with van der Waals surface area (Å²) >= 11 is 0. The van der Waals surface area contributed by atoms with Crippen LogP contribution >= 0.6 is 0 Å². The van der Waals surface area contributed by atoms with E-state index in [1.54, 1.807) is 29.2 Å². The second kappa shape index (κ2) is 21.1. The van der Waals surface area contributed by atoms with Crippen molar-refractivity contribution < 1.29 is 52.5 Å². The minimum atomic E-state index is -1.32. The molecule has 70 heavy (non-hydrogen) atoms. The number of methoxy groups -OCH3 is 2. The summed E-state index contributed by atoms with van der Waals surface area (Å²) < 4.78 is 29.5. The Morgan fingerprint density at radius 1 is 0.771 bits per heavy atom. The lowest BCUT2D eigenvalue weighted by Crippen LogP contribution is -2.42. The summed E-state index contributed by atoms with van der Waals surface area (Å²) in [6.45, 7) is 8.74. The summed E-state index contributed by atoms with van der Waals surface area (Å²) in [6, 6.07) is 26.7. The van der Waals surface area contributed by atoms with Gasteiger partial charge < -0.3 is 38.8 Å². The zero-order valence-electron chi connectivity index (χ0n) is 39.9. The Kier molecular flexibility index (Phi) is 14.6. The molecule has 16 heteroatoms. The van der Waals surface area contributed by atoms with E-state index in [2.05, 4.69) is 17.0 Å². The van der Waals surface area contributed by atoms with Crippen molar-refractivity contribution >= 4 is 70.4 Å². The molecule has 16 nitrogen and oxygen atoms in total. The topological polar surface area (TPSA) is 183 Å². The molecule has 3 aliphatic heterocycles. The third kappa shape index (κ3) is 9.79. The monoisotopic (exact) mass is 949 g/mol. The number of nitrogens with zero attached hydrogens (tertiary/aromatic N) is 4. The first-order chi connectivity index (χ1) is 33.9. The third-order valence-electron chi connectivity index (χ3n) is 12.7. The van der Waals surface area contributed by atoms with Gasteiger partial charge in [-0.1, -0.05) is 50.2 Å². The lowest BCUT2D eigenvalue weighted by atomic mass is 10.1. The van der Waals surface area contributed by atoms with Crippen molar-refractivity contribution in [3.8, 4) is 23.0 Å². The Morgan fingerprint density at radius 2 is 1.40 bits per heavy atom. The molecule has 3 amide bonds. The van der Waals surface area contributed by atoms with Gasteiger partial charge in [0.2, 0.25) is 12.0 Å². The molecule has 5 aromatic rings. The zero-order valence-corrected chi connectivity index (χ0v) is 39.9. The van der Waals surface area contributed by atoms with E-state index in [0.717, 1.165) is 34.5 Å². The number of carbonyl (C=O) groups is 6. The normalized spacial score (nSPS) is 15.6. The summed E-state index contributed by atoms with van der Waals surface area (Å²) in [4.78, 5) is 87.7. The number of anilines is 4. The summed E-state index contributed by atoms with van der Waals surface area (Å²) in [6.07, 6.45) is 0.321. The summed E-state index contributed by atoms with van der Waals surface area (Å²) in [5, 5.41) is 2.94. The van der Waals surface area contributed by atoms with E-state index in [4.69, 9.17) is 23.7 Å². The maximum Gasteiger partial charge on any atom is 0.307 e. The second-order valence-corrected chi connectivity index (χ2v) is 17.0. The number of carbonyl (C=O) groups excluding carboxylic acids is 6. The highest BCUT2D eigenvalue weighted by Gasteiger charge is 2.42. The molecule has 1 fully saturated rings. The Morgan fingerprint density at radius 3 is 2.07 bits per heavy atom. The SMILES string of the molecule is C=Nc1cc(OCc2cc(COc3cc4c(cc3OC)C(=O)N3c5ccccc5CC3C(=O)N4)cc(N(C)CCCC(=O)OC3C(=O)CCC3=O)c2)c(OC)cc1C(=O)N1CCc2ccccc21.CC. The number of Topliss-reactive ketones (excluding diaryl/α,β-unsaturated/α-hetero) is 2. The summed E-state index contributed by atoms with van der Waals surface area (Å²) in [5.74, 6) is -1.04. The number of hydrogen-bond donors (Lipinski definition) is 1. The highest BCUT2D eigenvalue weighted by atomic mass is 16.6. The first-order valence-electron chi connectivity index (χ1n) is 23.3. The van der Waals surface area contributed by atoms with Crippen LogP contribution in [-0.4, -0.2) is 88.5 Å². The number of ketones is 2. The van der Waals surface area contributed by atoms with E-state index in [-0.39, 0.29) is 78.8 Å². The fourth-order valence-corrected chi connectivity index (χ4v) is 9.18. The molecule has 3 heterocycles. The number of ether oxygens (including phenoxy) is 5. The number of nitrogens with one attached hydrogen (secondary N) is 1. The molecule has 1 aliphatic carbocycles. The molecule has 0 bridgehead atoms. The van der Waals surface area contributed by atoms with E-state index in [1.807, 2.05) is 92.5 Å². The lowest BCUT2D eigenvalue weighted by molar-refractivity contribution is -0.157. The second-order valence-electron chi connectivity index (χ2n) is 17.0. The average Bonchev–Trinajstić information content (AvgIpc) is 4.07. The molecular weight excluding hydrogens is 895 g/mol. The van der Waals surface area contributed by atoms with Crippen LogP contribution in [0.5, 0.6) is 23.0 Å². The molecule has 0 saturated heterocycles. The molecule has 0 aromatic heterocycles.